The highest BCUT2D eigenvalue weighted by molar-refractivity contribution is 5.30. The second-order valence-corrected chi connectivity index (χ2v) is 9.45. The lowest BCUT2D eigenvalue weighted by atomic mass is 9.76. The van der Waals surface area contributed by atoms with Gasteiger partial charge in [-0.15, -0.1) is 0 Å². The molecule has 0 spiro atoms. The van der Waals surface area contributed by atoms with Crippen molar-refractivity contribution in [1.29, 1.82) is 0 Å². The summed E-state index contributed by atoms with van der Waals surface area (Å²) in [5.41, 5.74) is 2.66. The van der Waals surface area contributed by atoms with Crippen LogP contribution in [-0.4, -0.2) is 6.61 Å². The number of hydrogen-bond donors (Lipinski definition) is 0. The van der Waals surface area contributed by atoms with Crippen LogP contribution in [0.15, 0.2) is 29.8 Å². The molecule has 0 amide bonds. The maximum Gasteiger partial charge on any atom is 0.165 e. The van der Waals surface area contributed by atoms with Gasteiger partial charge in [0.15, 0.2) is 11.6 Å². The molecule has 1 atom stereocenters. The molecule has 2 heteroatoms. The van der Waals surface area contributed by atoms with Crippen LogP contribution in [0.1, 0.15) is 96.5 Å². The summed E-state index contributed by atoms with van der Waals surface area (Å²) in [5.74, 6) is 3.07. The Morgan fingerprint density at radius 1 is 0.897 bits per heavy atom. The Balaban J connectivity index is 1.35. The van der Waals surface area contributed by atoms with E-state index in [2.05, 4.69) is 13.0 Å². The first kappa shape index (κ1) is 22.4. The molecule has 0 saturated heterocycles. The number of aryl methyl sites for hydroxylation is 1. The molecular formula is C27H41FO. The van der Waals surface area contributed by atoms with Crippen LogP contribution in [0.4, 0.5) is 4.39 Å². The Morgan fingerprint density at radius 3 is 2.24 bits per heavy atom. The van der Waals surface area contributed by atoms with Crippen LogP contribution in [0.25, 0.3) is 0 Å². The van der Waals surface area contributed by atoms with E-state index >= 15 is 0 Å². The topological polar surface area (TPSA) is 9.23 Å². The van der Waals surface area contributed by atoms with Crippen LogP contribution >= 0.6 is 0 Å². The highest BCUT2D eigenvalue weighted by Crippen LogP contribution is 2.36. The summed E-state index contributed by atoms with van der Waals surface area (Å²) in [7, 11) is 0. The standard InChI is InChI=1S/C27H41FO/c1-3-5-21-6-8-22(9-7-21)10-11-23-12-14-24(15-13-23)16-17-25-18-19-27(29-4-2)26(28)20-25/h14,18-23H,3-13,15-17H2,1-2H3. The number of benzene rings is 1. The van der Waals surface area contributed by atoms with Crippen LogP contribution in [0.3, 0.4) is 0 Å². The molecule has 162 valence electrons. The fourth-order valence-corrected chi connectivity index (χ4v) is 5.40. The molecule has 3 rings (SSSR count). The number of hydrogen-bond acceptors (Lipinski definition) is 1. The zero-order chi connectivity index (χ0) is 20.5. The van der Waals surface area contributed by atoms with Crippen molar-refractivity contribution in [3.8, 4) is 5.75 Å². The first-order valence-electron chi connectivity index (χ1n) is 12.3. The van der Waals surface area contributed by atoms with E-state index in [9.17, 15) is 4.39 Å². The van der Waals surface area contributed by atoms with Gasteiger partial charge in [-0.1, -0.05) is 69.6 Å². The maximum atomic E-state index is 14.0. The van der Waals surface area contributed by atoms with Gasteiger partial charge in [0, 0.05) is 0 Å². The van der Waals surface area contributed by atoms with Crippen molar-refractivity contribution in [3.63, 3.8) is 0 Å². The van der Waals surface area contributed by atoms with Crippen LogP contribution in [0.2, 0.25) is 0 Å². The van der Waals surface area contributed by atoms with Crippen molar-refractivity contribution in [1.82, 2.24) is 0 Å². The molecule has 1 unspecified atom stereocenters. The Bertz CT molecular complexity index is 642. The van der Waals surface area contributed by atoms with E-state index in [4.69, 9.17) is 4.74 Å². The summed E-state index contributed by atoms with van der Waals surface area (Å²) >= 11 is 0. The minimum Gasteiger partial charge on any atom is -0.491 e. The molecule has 0 bridgehead atoms. The van der Waals surface area contributed by atoms with Gasteiger partial charge < -0.3 is 4.74 Å². The van der Waals surface area contributed by atoms with Gasteiger partial charge in [0.1, 0.15) is 0 Å². The van der Waals surface area contributed by atoms with Gasteiger partial charge in [-0.2, -0.15) is 0 Å². The molecule has 1 nitrogen and oxygen atoms in total. The largest absolute Gasteiger partial charge is 0.491 e. The van der Waals surface area contributed by atoms with Gasteiger partial charge >= 0.3 is 0 Å². The minimum absolute atomic E-state index is 0.231. The zero-order valence-electron chi connectivity index (χ0n) is 18.7. The molecule has 2 aliphatic carbocycles. The van der Waals surface area contributed by atoms with E-state index in [1.54, 1.807) is 17.7 Å². The lowest BCUT2D eigenvalue weighted by Crippen LogP contribution is -2.16. The molecule has 1 saturated carbocycles. The first-order valence-corrected chi connectivity index (χ1v) is 12.3. The maximum absolute atomic E-state index is 14.0. The summed E-state index contributed by atoms with van der Waals surface area (Å²) in [5, 5.41) is 0. The van der Waals surface area contributed by atoms with Crippen LogP contribution in [0, 0.1) is 23.6 Å². The van der Waals surface area contributed by atoms with Crippen molar-refractivity contribution in [2.45, 2.75) is 97.3 Å². The quantitative estimate of drug-likeness (QED) is 0.359. The number of ether oxygens (including phenoxy) is 1. The molecule has 1 aromatic rings. The first-order chi connectivity index (χ1) is 14.2. The van der Waals surface area contributed by atoms with E-state index in [0.29, 0.717) is 12.4 Å². The van der Waals surface area contributed by atoms with Crippen LogP contribution in [-0.2, 0) is 6.42 Å². The van der Waals surface area contributed by atoms with E-state index in [0.717, 1.165) is 36.2 Å². The van der Waals surface area contributed by atoms with Crippen molar-refractivity contribution in [2.24, 2.45) is 17.8 Å². The van der Waals surface area contributed by atoms with Gasteiger partial charge in [0.25, 0.3) is 0 Å². The fourth-order valence-electron chi connectivity index (χ4n) is 5.40. The summed E-state index contributed by atoms with van der Waals surface area (Å²) < 4.78 is 19.3. The molecule has 1 aromatic carbocycles. The molecule has 29 heavy (non-hydrogen) atoms. The second-order valence-electron chi connectivity index (χ2n) is 9.45. The second kappa shape index (κ2) is 11.8. The average molecular weight is 401 g/mol. The molecule has 2 aliphatic rings. The normalized spacial score (nSPS) is 24.9. The van der Waals surface area contributed by atoms with E-state index < -0.39 is 0 Å². The molecule has 0 N–H and O–H groups in total. The van der Waals surface area contributed by atoms with Crippen molar-refractivity contribution in [2.75, 3.05) is 6.61 Å². The van der Waals surface area contributed by atoms with Gasteiger partial charge in [0.05, 0.1) is 6.61 Å². The summed E-state index contributed by atoms with van der Waals surface area (Å²) in [6, 6.07) is 5.43. The highest BCUT2D eigenvalue weighted by Gasteiger charge is 2.22. The lowest BCUT2D eigenvalue weighted by Gasteiger charge is -2.30. The average Bonchev–Trinajstić information content (AvgIpc) is 2.74. The third kappa shape index (κ3) is 7.15. The Labute approximate surface area is 178 Å². The SMILES string of the molecule is CCCC1CCC(CCC2CC=C(CCc3ccc(OCC)c(F)c3)CC2)CC1. The number of rotatable bonds is 10. The molecule has 1 fully saturated rings. The summed E-state index contributed by atoms with van der Waals surface area (Å²) in [4.78, 5) is 0. The monoisotopic (exact) mass is 400 g/mol. The molecule has 0 heterocycles. The van der Waals surface area contributed by atoms with Gasteiger partial charge in [0.2, 0.25) is 0 Å². The van der Waals surface area contributed by atoms with E-state index in [1.807, 2.05) is 13.0 Å². The fraction of sp³-hybridized carbons (Fsp3) is 0.704. The van der Waals surface area contributed by atoms with Gasteiger partial charge in [-0.25, -0.2) is 4.39 Å². The minimum atomic E-state index is -0.231. The van der Waals surface area contributed by atoms with Crippen molar-refractivity contribution < 1.29 is 9.13 Å². The summed E-state index contributed by atoms with van der Waals surface area (Å²) in [6.45, 7) is 4.71. The zero-order valence-corrected chi connectivity index (χ0v) is 18.7. The van der Waals surface area contributed by atoms with Crippen molar-refractivity contribution >= 4 is 0 Å². The van der Waals surface area contributed by atoms with Crippen LogP contribution < -0.4 is 4.74 Å². The predicted octanol–water partition coefficient (Wildman–Crippen LogP) is 8.27. The predicted molar refractivity (Wildman–Crippen MR) is 121 cm³/mol. The van der Waals surface area contributed by atoms with Gasteiger partial charge in [-0.05, 0) is 80.9 Å². The third-order valence-electron chi connectivity index (χ3n) is 7.29. The van der Waals surface area contributed by atoms with E-state index in [1.165, 1.54) is 70.6 Å². The van der Waals surface area contributed by atoms with Gasteiger partial charge in [-0.3, -0.25) is 0 Å². The molecular weight excluding hydrogens is 359 g/mol. The molecule has 0 radical (unpaired) electrons. The molecule has 0 aliphatic heterocycles. The van der Waals surface area contributed by atoms with Crippen LogP contribution in [0.5, 0.6) is 5.75 Å². The van der Waals surface area contributed by atoms with E-state index in [-0.39, 0.29) is 5.82 Å². The third-order valence-corrected chi connectivity index (χ3v) is 7.29. The smallest absolute Gasteiger partial charge is 0.165 e. The highest BCUT2D eigenvalue weighted by atomic mass is 19.1. The summed E-state index contributed by atoms with van der Waals surface area (Å²) in [6.07, 6.45) is 20.0. The van der Waals surface area contributed by atoms with Crippen molar-refractivity contribution in [3.05, 3.63) is 41.2 Å². The number of halogens is 1. The Hall–Kier alpha value is -1.31. The Morgan fingerprint density at radius 2 is 1.62 bits per heavy atom. The Kier molecular flexibility index (Phi) is 9.08. The number of allylic oxidation sites excluding steroid dienone is 2. The molecule has 0 aromatic heterocycles. The lowest BCUT2D eigenvalue weighted by molar-refractivity contribution is 0.236.